The van der Waals surface area contributed by atoms with Crippen LogP contribution in [0.3, 0.4) is 0 Å². The summed E-state index contributed by atoms with van der Waals surface area (Å²) in [6.45, 7) is 3.25. The molecule has 0 aliphatic heterocycles. The predicted molar refractivity (Wildman–Crippen MR) is 76.8 cm³/mol. The maximum Gasteiger partial charge on any atom is 0.137 e. The van der Waals surface area contributed by atoms with Crippen molar-refractivity contribution in [3.8, 4) is 5.75 Å². The number of hydrogen-bond acceptors (Lipinski definition) is 3. The molecule has 19 heavy (non-hydrogen) atoms. The first-order valence-electron chi connectivity index (χ1n) is 5.95. The van der Waals surface area contributed by atoms with Gasteiger partial charge in [0.25, 0.3) is 0 Å². The minimum absolute atomic E-state index is 0.300. The lowest BCUT2D eigenvalue weighted by Crippen LogP contribution is -2.01. The number of pyridine rings is 1. The Balaban J connectivity index is 2.01. The van der Waals surface area contributed by atoms with Crippen molar-refractivity contribution in [3.63, 3.8) is 0 Å². The van der Waals surface area contributed by atoms with Gasteiger partial charge in [-0.2, -0.15) is 0 Å². The van der Waals surface area contributed by atoms with E-state index in [1.807, 2.05) is 19.1 Å². The van der Waals surface area contributed by atoms with E-state index >= 15 is 0 Å². The van der Waals surface area contributed by atoms with Crippen LogP contribution in [0.25, 0.3) is 0 Å². The first kappa shape index (κ1) is 13.8. The maximum atomic E-state index is 13.1. The smallest absolute Gasteiger partial charge is 0.137 e. The van der Waals surface area contributed by atoms with Crippen molar-refractivity contribution >= 4 is 21.7 Å². The van der Waals surface area contributed by atoms with E-state index in [4.69, 9.17) is 4.74 Å². The highest BCUT2D eigenvalue weighted by molar-refractivity contribution is 9.10. The Morgan fingerprint density at radius 3 is 2.89 bits per heavy atom. The largest absolute Gasteiger partial charge is 0.489 e. The number of halogens is 2. The monoisotopic (exact) mass is 324 g/mol. The summed E-state index contributed by atoms with van der Waals surface area (Å²) in [5, 5.41) is 3.14. The van der Waals surface area contributed by atoms with Gasteiger partial charge in [0.05, 0.1) is 4.47 Å². The molecule has 1 aromatic carbocycles. The van der Waals surface area contributed by atoms with Crippen molar-refractivity contribution in [3.05, 3.63) is 52.4 Å². The Labute approximate surface area is 119 Å². The zero-order valence-electron chi connectivity index (χ0n) is 10.5. The molecule has 2 rings (SSSR count). The number of anilines is 1. The molecule has 0 radical (unpaired) electrons. The van der Waals surface area contributed by atoms with E-state index in [0.717, 1.165) is 17.9 Å². The third-order valence-electron chi connectivity index (χ3n) is 2.48. The van der Waals surface area contributed by atoms with Crippen molar-refractivity contribution in [1.82, 2.24) is 4.98 Å². The average molecular weight is 325 g/mol. The molecular formula is C14H14BrFN2O. The summed E-state index contributed by atoms with van der Waals surface area (Å²) in [6.07, 6.45) is 1.73. The van der Waals surface area contributed by atoms with E-state index in [9.17, 15) is 4.39 Å². The van der Waals surface area contributed by atoms with Crippen molar-refractivity contribution < 1.29 is 9.13 Å². The summed E-state index contributed by atoms with van der Waals surface area (Å²) >= 11 is 3.13. The van der Waals surface area contributed by atoms with Crippen molar-refractivity contribution in [2.45, 2.75) is 13.5 Å². The Hall–Kier alpha value is -1.62. The van der Waals surface area contributed by atoms with Gasteiger partial charge >= 0.3 is 0 Å². The summed E-state index contributed by atoms with van der Waals surface area (Å²) < 4.78 is 19.1. The topological polar surface area (TPSA) is 34.1 Å². The zero-order valence-corrected chi connectivity index (χ0v) is 12.1. The SMILES string of the molecule is CCNc1cc(COc2ccc(F)c(Br)c2)ccn1. The number of benzene rings is 1. The first-order chi connectivity index (χ1) is 9.19. The molecule has 0 fully saturated rings. The van der Waals surface area contributed by atoms with E-state index in [0.29, 0.717) is 16.8 Å². The first-order valence-corrected chi connectivity index (χ1v) is 6.75. The third-order valence-corrected chi connectivity index (χ3v) is 3.09. The van der Waals surface area contributed by atoms with Crippen LogP contribution in [0.4, 0.5) is 10.2 Å². The molecule has 0 aliphatic carbocycles. The summed E-state index contributed by atoms with van der Waals surface area (Å²) in [4.78, 5) is 4.19. The Morgan fingerprint density at radius 2 is 2.16 bits per heavy atom. The standard InChI is InChI=1S/C14H14BrFN2O/c1-2-17-14-7-10(5-6-18-14)9-19-11-3-4-13(16)12(15)8-11/h3-8H,2,9H2,1H3,(H,17,18). The van der Waals surface area contributed by atoms with Gasteiger partial charge in [0.15, 0.2) is 0 Å². The van der Waals surface area contributed by atoms with Crippen molar-refractivity contribution in [2.75, 3.05) is 11.9 Å². The van der Waals surface area contributed by atoms with Gasteiger partial charge in [0.2, 0.25) is 0 Å². The molecule has 0 unspecified atom stereocenters. The van der Waals surface area contributed by atoms with E-state index in [-0.39, 0.29) is 5.82 Å². The van der Waals surface area contributed by atoms with E-state index in [2.05, 4.69) is 26.2 Å². The molecule has 0 spiro atoms. The number of nitrogens with one attached hydrogen (secondary N) is 1. The van der Waals surface area contributed by atoms with Crippen molar-refractivity contribution in [1.29, 1.82) is 0 Å². The lowest BCUT2D eigenvalue weighted by Gasteiger charge is -2.08. The molecule has 1 heterocycles. The highest BCUT2D eigenvalue weighted by atomic mass is 79.9. The zero-order chi connectivity index (χ0) is 13.7. The lowest BCUT2D eigenvalue weighted by molar-refractivity contribution is 0.305. The lowest BCUT2D eigenvalue weighted by atomic mass is 10.2. The van der Waals surface area contributed by atoms with Crippen LogP contribution in [0, 0.1) is 5.82 Å². The van der Waals surface area contributed by atoms with Crippen LogP contribution in [-0.2, 0) is 6.61 Å². The van der Waals surface area contributed by atoms with Gasteiger partial charge < -0.3 is 10.1 Å². The second-order valence-electron chi connectivity index (χ2n) is 3.94. The fourth-order valence-electron chi connectivity index (χ4n) is 1.58. The van der Waals surface area contributed by atoms with Crippen LogP contribution in [0.5, 0.6) is 5.75 Å². The van der Waals surface area contributed by atoms with Crippen LogP contribution in [-0.4, -0.2) is 11.5 Å². The van der Waals surface area contributed by atoms with Gasteiger partial charge in [-0.05, 0) is 58.7 Å². The molecule has 1 N–H and O–H groups in total. The Kier molecular flexibility index (Phi) is 4.74. The number of aromatic nitrogens is 1. The van der Waals surface area contributed by atoms with Crippen LogP contribution >= 0.6 is 15.9 Å². The van der Waals surface area contributed by atoms with Gasteiger partial charge in [0, 0.05) is 12.7 Å². The van der Waals surface area contributed by atoms with Crippen LogP contribution < -0.4 is 10.1 Å². The molecule has 3 nitrogen and oxygen atoms in total. The Morgan fingerprint density at radius 1 is 1.32 bits per heavy atom. The normalized spacial score (nSPS) is 10.3. The molecule has 100 valence electrons. The predicted octanol–water partition coefficient (Wildman–Crippen LogP) is 3.99. The van der Waals surface area contributed by atoms with Crippen LogP contribution in [0.2, 0.25) is 0 Å². The molecule has 2 aromatic rings. The van der Waals surface area contributed by atoms with Gasteiger partial charge in [-0.1, -0.05) is 0 Å². The minimum Gasteiger partial charge on any atom is -0.489 e. The minimum atomic E-state index is -0.300. The molecule has 5 heteroatoms. The average Bonchev–Trinajstić information content (AvgIpc) is 2.41. The molecule has 0 amide bonds. The van der Waals surface area contributed by atoms with Gasteiger partial charge in [-0.15, -0.1) is 0 Å². The van der Waals surface area contributed by atoms with E-state index in [1.54, 1.807) is 18.3 Å². The van der Waals surface area contributed by atoms with E-state index in [1.165, 1.54) is 6.07 Å². The molecule has 0 aliphatic rings. The molecule has 0 bridgehead atoms. The number of hydrogen-bond donors (Lipinski definition) is 1. The second-order valence-corrected chi connectivity index (χ2v) is 4.80. The highest BCUT2D eigenvalue weighted by Gasteiger charge is 2.02. The van der Waals surface area contributed by atoms with Gasteiger partial charge in [0.1, 0.15) is 24.0 Å². The van der Waals surface area contributed by atoms with Gasteiger partial charge in [-0.25, -0.2) is 9.37 Å². The van der Waals surface area contributed by atoms with Crippen LogP contribution in [0.1, 0.15) is 12.5 Å². The Bertz CT molecular complexity index is 563. The molecule has 0 saturated heterocycles. The fraction of sp³-hybridized carbons (Fsp3) is 0.214. The van der Waals surface area contributed by atoms with E-state index < -0.39 is 0 Å². The number of nitrogens with zero attached hydrogens (tertiary/aromatic N) is 1. The maximum absolute atomic E-state index is 13.1. The summed E-state index contributed by atoms with van der Waals surface area (Å²) in [6, 6.07) is 8.41. The summed E-state index contributed by atoms with van der Waals surface area (Å²) in [5.74, 6) is 1.14. The fourth-order valence-corrected chi connectivity index (χ4v) is 1.93. The van der Waals surface area contributed by atoms with Crippen molar-refractivity contribution in [2.24, 2.45) is 0 Å². The second kappa shape index (κ2) is 6.52. The molecular weight excluding hydrogens is 311 g/mol. The third kappa shape index (κ3) is 3.92. The molecule has 0 atom stereocenters. The highest BCUT2D eigenvalue weighted by Crippen LogP contribution is 2.22. The molecule has 0 saturated carbocycles. The molecule has 1 aromatic heterocycles. The number of rotatable bonds is 5. The summed E-state index contributed by atoms with van der Waals surface area (Å²) in [7, 11) is 0. The van der Waals surface area contributed by atoms with Gasteiger partial charge in [-0.3, -0.25) is 0 Å². The number of ether oxygens (including phenoxy) is 1. The summed E-state index contributed by atoms with van der Waals surface area (Å²) in [5.41, 5.74) is 1.01. The quantitative estimate of drug-likeness (QED) is 0.902. The van der Waals surface area contributed by atoms with Crippen LogP contribution in [0.15, 0.2) is 41.0 Å².